The summed E-state index contributed by atoms with van der Waals surface area (Å²) in [5.74, 6) is 0.671. The van der Waals surface area contributed by atoms with E-state index in [1.807, 2.05) is 0 Å². The summed E-state index contributed by atoms with van der Waals surface area (Å²) in [4.78, 5) is 0. The van der Waals surface area contributed by atoms with Crippen LogP contribution in [0.2, 0.25) is 0 Å². The normalized spacial score (nSPS) is 24.3. The molecule has 1 nitrogen and oxygen atoms in total. The van der Waals surface area contributed by atoms with Gasteiger partial charge >= 0.3 is 0 Å². The molecule has 1 saturated carbocycles. The fourth-order valence-electron chi connectivity index (χ4n) is 3.24. The van der Waals surface area contributed by atoms with Gasteiger partial charge in [-0.15, -0.1) is 0 Å². The number of nitrogens with two attached hydrogens (primary N) is 1. The highest BCUT2D eigenvalue weighted by Crippen LogP contribution is 2.29. The lowest BCUT2D eigenvalue weighted by atomic mass is 9.80. The van der Waals surface area contributed by atoms with Gasteiger partial charge in [-0.25, -0.2) is 0 Å². The molecule has 2 N–H and O–H groups in total. The number of benzene rings is 2. The van der Waals surface area contributed by atoms with E-state index in [1.165, 1.54) is 42.0 Å². The Morgan fingerprint density at radius 1 is 0.944 bits per heavy atom. The van der Waals surface area contributed by atoms with Crippen molar-refractivity contribution in [1.82, 2.24) is 0 Å². The zero-order valence-corrected chi connectivity index (χ0v) is 10.8. The van der Waals surface area contributed by atoms with Gasteiger partial charge in [0.25, 0.3) is 0 Å². The average molecular weight is 239 g/mol. The van der Waals surface area contributed by atoms with E-state index in [4.69, 9.17) is 5.73 Å². The summed E-state index contributed by atoms with van der Waals surface area (Å²) in [6, 6.07) is 15.7. The molecular weight excluding hydrogens is 218 g/mol. The predicted octanol–water partition coefficient (Wildman–Crippen LogP) is 3.90. The first-order valence-corrected chi connectivity index (χ1v) is 7.07. The largest absolute Gasteiger partial charge is 0.327 e. The van der Waals surface area contributed by atoms with Crippen molar-refractivity contribution < 1.29 is 0 Å². The standard InChI is InChI=1S/C17H21N/c18-17-11-4-2-7-15(17)12-14-9-5-8-13-6-1-3-10-16(13)14/h1,3,5-6,8-10,15,17H,2,4,7,11-12,18H2. The molecule has 18 heavy (non-hydrogen) atoms. The van der Waals surface area contributed by atoms with E-state index >= 15 is 0 Å². The summed E-state index contributed by atoms with van der Waals surface area (Å²) < 4.78 is 0. The SMILES string of the molecule is NC1CCCCC1Cc1cccc2ccccc12. The molecule has 0 spiro atoms. The molecule has 0 amide bonds. The van der Waals surface area contributed by atoms with Crippen LogP contribution < -0.4 is 5.73 Å². The Kier molecular flexibility index (Phi) is 3.33. The maximum Gasteiger partial charge on any atom is 0.00703 e. The summed E-state index contributed by atoms with van der Waals surface area (Å²) in [6.07, 6.45) is 6.30. The van der Waals surface area contributed by atoms with Crippen LogP contribution >= 0.6 is 0 Å². The van der Waals surface area contributed by atoms with E-state index in [0.29, 0.717) is 12.0 Å². The Balaban J connectivity index is 1.90. The van der Waals surface area contributed by atoms with Gasteiger partial charge in [-0.3, -0.25) is 0 Å². The molecule has 1 fully saturated rings. The molecule has 0 saturated heterocycles. The third kappa shape index (κ3) is 2.28. The molecule has 0 radical (unpaired) electrons. The van der Waals surface area contributed by atoms with Crippen molar-refractivity contribution in [3.8, 4) is 0 Å². The second-order valence-electron chi connectivity index (χ2n) is 5.55. The van der Waals surface area contributed by atoms with Crippen LogP contribution in [0.1, 0.15) is 31.2 Å². The van der Waals surface area contributed by atoms with Crippen LogP contribution in [-0.2, 0) is 6.42 Å². The van der Waals surface area contributed by atoms with Gasteiger partial charge in [0, 0.05) is 6.04 Å². The van der Waals surface area contributed by atoms with Crippen LogP contribution in [0.25, 0.3) is 10.8 Å². The second-order valence-corrected chi connectivity index (χ2v) is 5.55. The van der Waals surface area contributed by atoms with Crippen molar-refractivity contribution in [2.75, 3.05) is 0 Å². The van der Waals surface area contributed by atoms with Gasteiger partial charge in [-0.2, -0.15) is 0 Å². The van der Waals surface area contributed by atoms with E-state index in [0.717, 1.165) is 6.42 Å². The first-order valence-electron chi connectivity index (χ1n) is 7.07. The molecule has 1 aliphatic rings. The topological polar surface area (TPSA) is 26.0 Å². The van der Waals surface area contributed by atoms with Crippen molar-refractivity contribution in [1.29, 1.82) is 0 Å². The fourth-order valence-corrected chi connectivity index (χ4v) is 3.24. The Bertz CT molecular complexity index is 527. The first kappa shape index (κ1) is 11.7. The van der Waals surface area contributed by atoms with Crippen LogP contribution in [0.5, 0.6) is 0 Å². The first-order chi connectivity index (χ1) is 8.84. The highest BCUT2D eigenvalue weighted by molar-refractivity contribution is 5.85. The number of fused-ring (bicyclic) bond motifs is 1. The van der Waals surface area contributed by atoms with Gasteiger partial charge in [-0.1, -0.05) is 55.3 Å². The minimum absolute atomic E-state index is 0.401. The van der Waals surface area contributed by atoms with Crippen LogP contribution in [-0.4, -0.2) is 6.04 Å². The molecule has 1 heteroatoms. The van der Waals surface area contributed by atoms with E-state index in [-0.39, 0.29) is 0 Å². The molecule has 2 aromatic carbocycles. The van der Waals surface area contributed by atoms with Gasteiger partial charge < -0.3 is 5.73 Å². The maximum atomic E-state index is 6.27. The van der Waals surface area contributed by atoms with Gasteiger partial charge in [0.1, 0.15) is 0 Å². The zero-order valence-electron chi connectivity index (χ0n) is 10.8. The third-order valence-corrected chi connectivity index (χ3v) is 4.33. The quantitative estimate of drug-likeness (QED) is 0.845. The molecule has 2 aromatic rings. The van der Waals surface area contributed by atoms with Gasteiger partial charge in [-0.05, 0) is 41.5 Å². The van der Waals surface area contributed by atoms with Gasteiger partial charge in [0.15, 0.2) is 0 Å². The molecule has 0 heterocycles. The Morgan fingerprint density at radius 2 is 1.72 bits per heavy atom. The molecule has 0 aliphatic heterocycles. The van der Waals surface area contributed by atoms with Crippen LogP contribution in [0.4, 0.5) is 0 Å². The maximum absolute atomic E-state index is 6.27. The second kappa shape index (κ2) is 5.11. The van der Waals surface area contributed by atoms with E-state index in [2.05, 4.69) is 42.5 Å². The van der Waals surface area contributed by atoms with Crippen molar-refractivity contribution in [3.05, 3.63) is 48.0 Å². The van der Waals surface area contributed by atoms with Gasteiger partial charge in [0.2, 0.25) is 0 Å². The fraction of sp³-hybridized carbons (Fsp3) is 0.412. The zero-order chi connectivity index (χ0) is 12.4. The summed E-state index contributed by atoms with van der Waals surface area (Å²) in [5.41, 5.74) is 7.74. The van der Waals surface area contributed by atoms with Crippen molar-refractivity contribution in [2.45, 2.75) is 38.1 Å². The molecule has 0 aromatic heterocycles. The number of hydrogen-bond donors (Lipinski definition) is 1. The Labute approximate surface area is 109 Å². The van der Waals surface area contributed by atoms with Crippen molar-refractivity contribution in [3.63, 3.8) is 0 Å². The van der Waals surface area contributed by atoms with E-state index < -0.39 is 0 Å². The lowest BCUT2D eigenvalue weighted by molar-refractivity contribution is 0.307. The highest BCUT2D eigenvalue weighted by Gasteiger charge is 2.22. The summed E-state index contributed by atoms with van der Waals surface area (Å²) in [6.45, 7) is 0. The Morgan fingerprint density at radius 3 is 2.61 bits per heavy atom. The van der Waals surface area contributed by atoms with Crippen LogP contribution in [0.3, 0.4) is 0 Å². The number of hydrogen-bond acceptors (Lipinski definition) is 1. The summed E-state index contributed by atoms with van der Waals surface area (Å²) in [5, 5.41) is 2.75. The highest BCUT2D eigenvalue weighted by atomic mass is 14.7. The molecule has 2 unspecified atom stereocenters. The minimum Gasteiger partial charge on any atom is -0.327 e. The predicted molar refractivity (Wildman–Crippen MR) is 77.6 cm³/mol. The third-order valence-electron chi connectivity index (χ3n) is 4.33. The summed E-state index contributed by atoms with van der Waals surface area (Å²) >= 11 is 0. The van der Waals surface area contributed by atoms with E-state index in [9.17, 15) is 0 Å². The minimum atomic E-state index is 0.401. The van der Waals surface area contributed by atoms with Crippen molar-refractivity contribution >= 4 is 10.8 Å². The van der Waals surface area contributed by atoms with Crippen LogP contribution in [0.15, 0.2) is 42.5 Å². The number of rotatable bonds is 2. The lowest BCUT2D eigenvalue weighted by Crippen LogP contribution is -2.34. The Hall–Kier alpha value is -1.34. The molecule has 0 bridgehead atoms. The lowest BCUT2D eigenvalue weighted by Gasteiger charge is -2.29. The van der Waals surface area contributed by atoms with Crippen LogP contribution in [0, 0.1) is 5.92 Å². The molecular formula is C17H21N. The molecule has 3 rings (SSSR count). The van der Waals surface area contributed by atoms with E-state index in [1.54, 1.807) is 0 Å². The monoisotopic (exact) mass is 239 g/mol. The van der Waals surface area contributed by atoms with Gasteiger partial charge in [0.05, 0.1) is 0 Å². The molecule has 2 atom stereocenters. The summed E-state index contributed by atoms with van der Waals surface area (Å²) in [7, 11) is 0. The molecule has 1 aliphatic carbocycles. The molecule has 94 valence electrons. The smallest absolute Gasteiger partial charge is 0.00703 e. The average Bonchev–Trinajstić information content (AvgIpc) is 2.42. The van der Waals surface area contributed by atoms with Crippen molar-refractivity contribution in [2.24, 2.45) is 11.7 Å².